The van der Waals surface area contributed by atoms with Gasteiger partial charge in [0.15, 0.2) is 0 Å². The number of nitrogens with zero attached hydrogens (tertiary/aromatic N) is 3. The van der Waals surface area contributed by atoms with Gasteiger partial charge in [-0.2, -0.15) is 4.31 Å². The predicted molar refractivity (Wildman–Crippen MR) is 153 cm³/mol. The molecule has 1 amide bonds. The Labute approximate surface area is 227 Å². The Hall–Kier alpha value is -3.59. The Morgan fingerprint density at radius 2 is 1.66 bits per heavy atom. The topological polar surface area (TPSA) is 70.6 Å². The lowest BCUT2D eigenvalue weighted by Crippen LogP contribution is -2.36. The maximum atomic E-state index is 14.4. The number of sulfonamides is 1. The zero-order valence-corrected chi connectivity index (χ0v) is 23.0. The van der Waals surface area contributed by atoms with E-state index in [0.29, 0.717) is 28.4 Å². The third kappa shape index (κ3) is 4.95. The van der Waals surface area contributed by atoms with E-state index < -0.39 is 16.1 Å². The van der Waals surface area contributed by atoms with Crippen molar-refractivity contribution in [2.24, 2.45) is 0 Å². The first-order valence-electron chi connectivity index (χ1n) is 12.6. The minimum atomic E-state index is -3.95. The second-order valence-electron chi connectivity index (χ2n) is 9.16. The standard InChI is InChI=1S/C30H29N3O3S2/c1-3-4-18-33(29(22-11-7-5-8-12-22)23-13-9-6-10-14-23)38(35,36)24-15-16-27-25(20-24)26(30(34)32(27)2)21-28-31-17-19-37-28/h5-17,19-21,29H,3-4,18H2,1-2H3/b26-21+. The molecule has 0 spiro atoms. The van der Waals surface area contributed by atoms with Crippen LogP contribution in [0, 0.1) is 0 Å². The smallest absolute Gasteiger partial charge is 0.258 e. The summed E-state index contributed by atoms with van der Waals surface area (Å²) in [6.07, 6.45) is 4.99. The first-order chi connectivity index (χ1) is 18.4. The van der Waals surface area contributed by atoms with Crippen LogP contribution in [0.2, 0.25) is 0 Å². The van der Waals surface area contributed by atoms with Crippen LogP contribution in [0.25, 0.3) is 11.6 Å². The maximum absolute atomic E-state index is 14.4. The summed E-state index contributed by atoms with van der Waals surface area (Å²) < 4.78 is 30.4. The number of hydrogen-bond acceptors (Lipinski definition) is 5. The van der Waals surface area contributed by atoms with Crippen molar-refractivity contribution in [2.45, 2.75) is 30.7 Å². The first kappa shape index (κ1) is 26.0. The Bertz CT molecular complexity index is 1510. The molecule has 1 aliphatic rings. The van der Waals surface area contributed by atoms with Crippen molar-refractivity contribution in [3.63, 3.8) is 0 Å². The van der Waals surface area contributed by atoms with Gasteiger partial charge < -0.3 is 4.90 Å². The van der Waals surface area contributed by atoms with E-state index in [9.17, 15) is 13.2 Å². The predicted octanol–water partition coefficient (Wildman–Crippen LogP) is 6.24. The van der Waals surface area contributed by atoms with Gasteiger partial charge in [0.2, 0.25) is 10.0 Å². The number of fused-ring (bicyclic) bond motifs is 1. The average molecular weight is 544 g/mol. The van der Waals surface area contributed by atoms with E-state index in [1.807, 2.05) is 66.0 Å². The minimum Gasteiger partial charge on any atom is -0.311 e. The summed E-state index contributed by atoms with van der Waals surface area (Å²) in [6.45, 7) is 2.42. The molecule has 6 nitrogen and oxygen atoms in total. The first-order valence-corrected chi connectivity index (χ1v) is 14.9. The number of likely N-dealkylation sites (N-methyl/N-ethyl adjacent to an activating group) is 1. The fraction of sp³-hybridized carbons (Fsp3) is 0.200. The third-order valence-corrected chi connectivity index (χ3v) is 9.31. The second-order valence-corrected chi connectivity index (χ2v) is 12.0. The third-order valence-electron chi connectivity index (χ3n) is 6.73. The molecule has 5 rings (SSSR count). The highest BCUT2D eigenvalue weighted by molar-refractivity contribution is 7.89. The van der Waals surface area contributed by atoms with Gasteiger partial charge in [-0.25, -0.2) is 13.4 Å². The number of carbonyl (C=O) groups excluding carboxylic acids is 1. The molecule has 0 aliphatic carbocycles. The Balaban J connectivity index is 1.64. The van der Waals surface area contributed by atoms with Crippen molar-refractivity contribution >= 4 is 44.6 Å². The van der Waals surface area contributed by atoms with Gasteiger partial charge in [-0.15, -0.1) is 11.3 Å². The largest absolute Gasteiger partial charge is 0.311 e. The van der Waals surface area contributed by atoms with E-state index in [4.69, 9.17) is 0 Å². The molecule has 4 aromatic rings. The number of unbranched alkanes of at least 4 members (excludes halogenated alkanes) is 1. The summed E-state index contributed by atoms with van der Waals surface area (Å²) >= 11 is 1.43. The van der Waals surface area contributed by atoms with Crippen molar-refractivity contribution in [2.75, 3.05) is 18.5 Å². The summed E-state index contributed by atoms with van der Waals surface area (Å²) in [4.78, 5) is 19.1. The zero-order valence-electron chi connectivity index (χ0n) is 21.3. The highest BCUT2D eigenvalue weighted by Crippen LogP contribution is 2.40. The molecule has 0 saturated heterocycles. The Kier molecular flexibility index (Phi) is 7.56. The molecule has 0 unspecified atom stereocenters. The van der Waals surface area contributed by atoms with Crippen molar-refractivity contribution < 1.29 is 13.2 Å². The van der Waals surface area contributed by atoms with Crippen LogP contribution in [0.4, 0.5) is 5.69 Å². The highest BCUT2D eigenvalue weighted by atomic mass is 32.2. The lowest BCUT2D eigenvalue weighted by molar-refractivity contribution is -0.112. The van der Waals surface area contributed by atoms with Crippen LogP contribution in [0.5, 0.6) is 0 Å². The monoisotopic (exact) mass is 543 g/mol. The van der Waals surface area contributed by atoms with Crippen LogP contribution in [0.1, 0.15) is 47.5 Å². The fourth-order valence-electron chi connectivity index (χ4n) is 4.79. The number of amides is 1. The van der Waals surface area contributed by atoms with Gasteiger partial charge in [0.1, 0.15) is 5.01 Å². The summed E-state index contributed by atoms with van der Waals surface area (Å²) in [5.41, 5.74) is 3.52. The van der Waals surface area contributed by atoms with Gasteiger partial charge in [0.05, 0.1) is 22.2 Å². The molecule has 1 aromatic heterocycles. The van der Waals surface area contributed by atoms with Crippen molar-refractivity contribution in [1.82, 2.24) is 9.29 Å². The van der Waals surface area contributed by atoms with Crippen LogP contribution >= 0.6 is 11.3 Å². The molecule has 0 bridgehead atoms. The van der Waals surface area contributed by atoms with Crippen molar-refractivity contribution in [3.8, 4) is 0 Å². The quantitative estimate of drug-likeness (QED) is 0.234. The second kappa shape index (κ2) is 11.0. The highest BCUT2D eigenvalue weighted by Gasteiger charge is 2.36. The Morgan fingerprint density at radius 1 is 1.00 bits per heavy atom. The van der Waals surface area contributed by atoms with Gasteiger partial charge in [-0.3, -0.25) is 4.79 Å². The minimum absolute atomic E-state index is 0.164. The van der Waals surface area contributed by atoms with E-state index in [-0.39, 0.29) is 10.8 Å². The number of aromatic nitrogens is 1. The molecule has 0 fully saturated rings. The van der Waals surface area contributed by atoms with Crippen LogP contribution in [-0.4, -0.2) is 37.2 Å². The van der Waals surface area contributed by atoms with Crippen LogP contribution < -0.4 is 4.90 Å². The molecule has 38 heavy (non-hydrogen) atoms. The maximum Gasteiger partial charge on any atom is 0.258 e. The number of rotatable bonds is 9. The normalized spacial score (nSPS) is 14.6. The number of carbonyl (C=O) groups is 1. The van der Waals surface area contributed by atoms with E-state index >= 15 is 0 Å². The molecule has 3 aromatic carbocycles. The Morgan fingerprint density at radius 3 is 2.24 bits per heavy atom. The molecule has 0 N–H and O–H groups in total. The van der Waals surface area contributed by atoms with Gasteiger partial charge in [-0.1, -0.05) is 74.0 Å². The summed E-state index contributed by atoms with van der Waals surface area (Å²) in [5.74, 6) is -0.181. The summed E-state index contributed by atoms with van der Waals surface area (Å²) in [6, 6.07) is 24.0. The van der Waals surface area contributed by atoms with Gasteiger partial charge >= 0.3 is 0 Å². The van der Waals surface area contributed by atoms with Gasteiger partial charge in [0, 0.05) is 30.7 Å². The molecule has 2 heterocycles. The van der Waals surface area contributed by atoms with E-state index in [0.717, 1.165) is 24.0 Å². The van der Waals surface area contributed by atoms with E-state index in [2.05, 4.69) is 11.9 Å². The van der Waals surface area contributed by atoms with Crippen LogP contribution in [-0.2, 0) is 14.8 Å². The van der Waals surface area contributed by atoms with E-state index in [1.54, 1.807) is 46.7 Å². The lowest BCUT2D eigenvalue weighted by atomic mass is 9.98. The number of thiazole rings is 1. The number of anilines is 1. The number of benzene rings is 3. The van der Waals surface area contributed by atoms with Crippen LogP contribution in [0.15, 0.2) is 95.3 Å². The molecule has 8 heteroatoms. The number of hydrogen-bond donors (Lipinski definition) is 0. The molecule has 0 atom stereocenters. The van der Waals surface area contributed by atoms with Crippen molar-refractivity contribution in [3.05, 3.63) is 112 Å². The zero-order chi connectivity index (χ0) is 26.7. The molecule has 194 valence electrons. The molecular formula is C30H29N3O3S2. The molecule has 0 saturated carbocycles. The fourth-order valence-corrected chi connectivity index (χ4v) is 7.03. The molecule has 0 radical (unpaired) electrons. The van der Waals surface area contributed by atoms with Crippen molar-refractivity contribution in [1.29, 1.82) is 0 Å². The molecule has 1 aliphatic heterocycles. The molecular weight excluding hydrogens is 514 g/mol. The van der Waals surface area contributed by atoms with E-state index in [1.165, 1.54) is 11.3 Å². The SMILES string of the molecule is CCCCN(C(c1ccccc1)c1ccccc1)S(=O)(=O)c1ccc2c(c1)/C(=C\c1nccs1)C(=O)N2C. The van der Waals surface area contributed by atoms with Gasteiger partial charge in [-0.05, 0) is 41.8 Å². The average Bonchev–Trinajstić information content (AvgIpc) is 3.54. The van der Waals surface area contributed by atoms with Gasteiger partial charge in [0.25, 0.3) is 5.91 Å². The lowest BCUT2D eigenvalue weighted by Gasteiger charge is -2.32. The summed E-state index contributed by atoms with van der Waals surface area (Å²) in [7, 11) is -2.25. The van der Waals surface area contributed by atoms with Crippen LogP contribution in [0.3, 0.4) is 0 Å². The summed E-state index contributed by atoms with van der Waals surface area (Å²) in [5, 5.41) is 2.54.